The molecule has 4 saturated carbocycles. The Bertz CT molecular complexity index is 233. The first-order valence-electron chi connectivity index (χ1n) is 6.93. The molecule has 4 fully saturated rings. The molecule has 0 saturated heterocycles. The van der Waals surface area contributed by atoms with Gasteiger partial charge < -0.3 is 9.84 Å². The summed E-state index contributed by atoms with van der Waals surface area (Å²) >= 11 is 0. The Morgan fingerprint density at radius 2 is 1.62 bits per heavy atom. The monoisotopic (exact) mass is 224 g/mol. The average molecular weight is 224 g/mol. The number of rotatable bonds is 4. The molecule has 4 aliphatic carbocycles. The van der Waals surface area contributed by atoms with Gasteiger partial charge in [-0.1, -0.05) is 0 Å². The SMILES string of the molecule is COCCCC1(O)C2CC3CC(C2)CC1C3. The van der Waals surface area contributed by atoms with Crippen LogP contribution in [0.4, 0.5) is 0 Å². The maximum atomic E-state index is 11.0. The molecular formula is C14H24O2. The third-order valence-corrected chi connectivity index (χ3v) is 5.48. The Kier molecular flexibility index (Phi) is 2.75. The van der Waals surface area contributed by atoms with Crippen LogP contribution >= 0.6 is 0 Å². The molecule has 4 rings (SSSR count). The first-order chi connectivity index (χ1) is 7.72. The molecule has 2 nitrogen and oxygen atoms in total. The van der Waals surface area contributed by atoms with E-state index in [1.807, 2.05) is 0 Å². The summed E-state index contributed by atoms with van der Waals surface area (Å²) in [7, 11) is 1.75. The number of hydrogen-bond donors (Lipinski definition) is 1. The Morgan fingerprint density at radius 3 is 2.12 bits per heavy atom. The van der Waals surface area contributed by atoms with Crippen molar-refractivity contribution in [3.63, 3.8) is 0 Å². The van der Waals surface area contributed by atoms with Crippen molar-refractivity contribution in [1.82, 2.24) is 0 Å². The maximum Gasteiger partial charge on any atom is 0.0705 e. The zero-order valence-electron chi connectivity index (χ0n) is 10.3. The molecule has 0 aromatic carbocycles. The van der Waals surface area contributed by atoms with E-state index in [-0.39, 0.29) is 5.60 Å². The molecule has 0 amide bonds. The molecule has 4 aliphatic rings. The molecular weight excluding hydrogens is 200 g/mol. The lowest BCUT2D eigenvalue weighted by molar-refractivity contribution is -0.177. The molecule has 0 radical (unpaired) electrons. The predicted octanol–water partition coefficient (Wildman–Crippen LogP) is 2.60. The van der Waals surface area contributed by atoms with E-state index in [0.29, 0.717) is 11.8 Å². The molecule has 0 spiro atoms. The van der Waals surface area contributed by atoms with Gasteiger partial charge in [-0.2, -0.15) is 0 Å². The van der Waals surface area contributed by atoms with Crippen molar-refractivity contribution in [2.45, 2.75) is 50.5 Å². The van der Waals surface area contributed by atoms with Gasteiger partial charge in [0, 0.05) is 13.7 Å². The fourth-order valence-corrected chi connectivity index (χ4v) is 4.91. The zero-order valence-corrected chi connectivity index (χ0v) is 10.3. The second kappa shape index (κ2) is 3.99. The summed E-state index contributed by atoms with van der Waals surface area (Å²) in [5.41, 5.74) is -0.327. The van der Waals surface area contributed by atoms with E-state index in [9.17, 15) is 5.11 Å². The molecule has 1 N–H and O–H groups in total. The summed E-state index contributed by atoms with van der Waals surface area (Å²) in [6.45, 7) is 0.800. The Hall–Kier alpha value is -0.0800. The van der Waals surface area contributed by atoms with E-state index in [2.05, 4.69) is 0 Å². The third-order valence-electron chi connectivity index (χ3n) is 5.48. The summed E-state index contributed by atoms with van der Waals surface area (Å²) in [4.78, 5) is 0. The van der Waals surface area contributed by atoms with Crippen molar-refractivity contribution in [1.29, 1.82) is 0 Å². The van der Waals surface area contributed by atoms with E-state index >= 15 is 0 Å². The topological polar surface area (TPSA) is 29.5 Å². The smallest absolute Gasteiger partial charge is 0.0705 e. The van der Waals surface area contributed by atoms with Gasteiger partial charge in [0.15, 0.2) is 0 Å². The molecule has 16 heavy (non-hydrogen) atoms. The quantitative estimate of drug-likeness (QED) is 0.744. The molecule has 0 unspecified atom stereocenters. The fraction of sp³-hybridized carbons (Fsp3) is 1.00. The highest BCUT2D eigenvalue weighted by Gasteiger charge is 2.55. The van der Waals surface area contributed by atoms with Crippen LogP contribution in [0.15, 0.2) is 0 Å². The van der Waals surface area contributed by atoms with E-state index in [1.165, 1.54) is 32.1 Å². The lowest BCUT2D eigenvalue weighted by atomic mass is 9.49. The van der Waals surface area contributed by atoms with Gasteiger partial charge in [-0.05, 0) is 68.6 Å². The third kappa shape index (κ3) is 1.62. The highest BCUT2D eigenvalue weighted by molar-refractivity contribution is 5.06. The van der Waals surface area contributed by atoms with E-state index in [1.54, 1.807) is 7.11 Å². The summed E-state index contributed by atoms with van der Waals surface area (Å²) in [6, 6.07) is 0. The Labute approximate surface area is 98.4 Å². The lowest BCUT2D eigenvalue weighted by Crippen LogP contribution is -2.57. The molecule has 92 valence electrons. The molecule has 2 heteroatoms. The fourth-order valence-electron chi connectivity index (χ4n) is 4.91. The number of ether oxygens (including phenoxy) is 1. The summed E-state index contributed by atoms with van der Waals surface area (Å²) in [5.74, 6) is 3.12. The van der Waals surface area contributed by atoms with Crippen molar-refractivity contribution in [2.24, 2.45) is 23.7 Å². The maximum absolute atomic E-state index is 11.0. The van der Waals surface area contributed by atoms with Crippen molar-refractivity contribution >= 4 is 0 Å². The van der Waals surface area contributed by atoms with Gasteiger partial charge in [0.05, 0.1) is 5.60 Å². The van der Waals surface area contributed by atoms with Gasteiger partial charge in [0.25, 0.3) is 0 Å². The largest absolute Gasteiger partial charge is 0.389 e. The van der Waals surface area contributed by atoms with Crippen molar-refractivity contribution in [2.75, 3.05) is 13.7 Å². The van der Waals surface area contributed by atoms with Crippen LogP contribution < -0.4 is 0 Å². The van der Waals surface area contributed by atoms with Crippen LogP contribution in [0.1, 0.15) is 44.9 Å². The Balaban J connectivity index is 1.70. The predicted molar refractivity (Wildman–Crippen MR) is 63.1 cm³/mol. The standard InChI is InChI=1S/C14H24O2/c1-16-4-2-3-14(15)12-6-10-5-11(8-12)9-13(14)7-10/h10-13,15H,2-9H2,1H3. The van der Waals surface area contributed by atoms with Crippen LogP contribution in [-0.4, -0.2) is 24.4 Å². The van der Waals surface area contributed by atoms with Gasteiger partial charge >= 0.3 is 0 Å². The van der Waals surface area contributed by atoms with Crippen LogP contribution in [0.2, 0.25) is 0 Å². The van der Waals surface area contributed by atoms with Crippen LogP contribution in [0.25, 0.3) is 0 Å². The van der Waals surface area contributed by atoms with E-state index in [0.717, 1.165) is 31.3 Å². The van der Waals surface area contributed by atoms with Crippen molar-refractivity contribution in [3.05, 3.63) is 0 Å². The summed E-state index contributed by atoms with van der Waals surface area (Å²) in [5, 5.41) is 11.0. The molecule has 0 aromatic rings. The second-order valence-electron chi connectivity index (χ2n) is 6.39. The van der Waals surface area contributed by atoms with Gasteiger partial charge in [-0.3, -0.25) is 0 Å². The van der Waals surface area contributed by atoms with Crippen LogP contribution in [-0.2, 0) is 4.74 Å². The van der Waals surface area contributed by atoms with Gasteiger partial charge in [0.1, 0.15) is 0 Å². The molecule has 0 aromatic heterocycles. The van der Waals surface area contributed by atoms with Crippen molar-refractivity contribution in [3.8, 4) is 0 Å². The second-order valence-corrected chi connectivity index (χ2v) is 6.39. The summed E-state index contributed by atoms with van der Waals surface area (Å²) in [6.07, 6.45) is 8.66. The minimum atomic E-state index is -0.327. The normalized spacial score (nSPS) is 49.9. The van der Waals surface area contributed by atoms with Crippen LogP contribution in [0.3, 0.4) is 0 Å². The van der Waals surface area contributed by atoms with Crippen molar-refractivity contribution < 1.29 is 9.84 Å². The average Bonchev–Trinajstić information content (AvgIpc) is 2.25. The number of aliphatic hydroxyl groups is 1. The summed E-state index contributed by atoms with van der Waals surface area (Å²) < 4.78 is 5.12. The highest BCUT2D eigenvalue weighted by Crippen LogP contribution is 2.59. The highest BCUT2D eigenvalue weighted by atomic mass is 16.5. The molecule has 4 bridgehead atoms. The minimum absolute atomic E-state index is 0.327. The lowest BCUT2D eigenvalue weighted by Gasteiger charge is -2.59. The van der Waals surface area contributed by atoms with Crippen LogP contribution in [0, 0.1) is 23.7 Å². The van der Waals surface area contributed by atoms with Gasteiger partial charge in [-0.25, -0.2) is 0 Å². The van der Waals surface area contributed by atoms with E-state index < -0.39 is 0 Å². The first-order valence-corrected chi connectivity index (χ1v) is 6.93. The minimum Gasteiger partial charge on any atom is -0.389 e. The van der Waals surface area contributed by atoms with E-state index in [4.69, 9.17) is 4.74 Å². The Morgan fingerprint density at radius 1 is 1.06 bits per heavy atom. The molecule has 0 aliphatic heterocycles. The zero-order chi connectivity index (χ0) is 11.2. The molecule has 0 atom stereocenters. The first kappa shape index (κ1) is 11.0. The van der Waals surface area contributed by atoms with Crippen LogP contribution in [0.5, 0.6) is 0 Å². The number of methoxy groups -OCH3 is 1. The van der Waals surface area contributed by atoms with Gasteiger partial charge in [-0.15, -0.1) is 0 Å². The molecule has 0 heterocycles. The van der Waals surface area contributed by atoms with Gasteiger partial charge in [0.2, 0.25) is 0 Å². The number of hydrogen-bond acceptors (Lipinski definition) is 2.